The lowest BCUT2D eigenvalue weighted by Gasteiger charge is -2.30. The number of hydrogen-bond acceptors (Lipinski definition) is 6. The molecule has 2 saturated heterocycles. The van der Waals surface area contributed by atoms with E-state index in [4.69, 9.17) is 9.15 Å². The van der Waals surface area contributed by atoms with Crippen molar-refractivity contribution < 1.29 is 9.15 Å². The normalized spacial score (nSPS) is 19.7. The lowest BCUT2D eigenvalue weighted by Crippen LogP contribution is -2.38. The molecule has 2 aliphatic rings. The molecule has 4 rings (SSSR count). The van der Waals surface area contributed by atoms with Crippen LogP contribution < -0.4 is 10.2 Å². The van der Waals surface area contributed by atoms with Gasteiger partial charge in [-0.3, -0.25) is 9.58 Å². The number of likely N-dealkylation sites (tertiary alicyclic amines) is 1. The summed E-state index contributed by atoms with van der Waals surface area (Å²) in [5, 5.41) is 8.36. The predicted octanol–water partition coefficient (Wildman–Crippen LogP) is 2.08. The van der Waals surface area contributed by atoms with Crippen molar-refractivity contribution >= 4 is 5.82 Å². The average Bonchev–Trinajstić information content (AvgIpc) is 3.42. The molecule has 0 aromatic carbocycles. The SMILES string of the molecule is Cc1nn(C)c(N2CCOCC2)c1CNCC(c1ccco1)N1CCCC1. The monoisotopic (exact) mass is 373 g/mol. The second-order valence-electron chi connectivity index (χ2n) is 7.52. The van der Waals surface area contributed by atoms with Gasteiger partial charge in [0.05, 0.1) is 31.2 Å². The molecule has 0 saturated carbocycles. The summed E-state index contributed by atoms with van der Waals surface area (Å²) in [7, 11) is 2.04. The van der Waals surface area contributed by atoms with Gasteiger partial charge in [-0.1, -0.05) is 0 Å². The molecule has 7 heteroatoms. The zero-order valence-corrected chi connectivity index (χ0v) is 16.5. The van der Waals surface area contributed by atoms with Crippen molar-refractivity contribution in [3.8, 4) is 0 Å². The Labute approximate surface area is 161 Å². The summed E-state index contributed by atoms with van der Waals surface area (Å²) in [6.45, 7) is 9.52. The van der Waals surface area contributed by atoms with E-state index in [0.717, 1.165) is 63.9 Å². The smallest absolute Gasteiger partial charge is 0.131 e. The maximum Gasteiger partial charge on any atom is 0.131 e. The van der Waals surface area contributed by atoms with Gasteiger partial charge in [0, 0.05) is 38.8 Å². The summed E-state index contributed by atoms with van der Waals surface area (Å²) in [5.41, 5.74) is 2.39. The fraction of sp³-hybridized carbons (Fsp3) is 0.650. The molecule has 7 nitrogen and oxygen atoms in total. The first-order chi connectivity index (χ1) is 13.2. The highest BCUT2D eigenvalue weighted by Gasteiger charge is 2.26. The number of aromatic nitrogens is 2. The van der Waals surface area contributed by atoms with Crippen LogP contribution in [0.25, 0.3) is 0 Å². The topological polar surface area (TPSA) is 58.7 Å². The van der Waals surface area contributed by atoms with Gasteiger partial charge in [0.25, 0.3) is 0 Å². The molecule has 2 aliphatic heterocycles. The standard InChI is InChI=1S/C20H31N5O2/c1-16-17(20(23(2)22-16)25-9-12-26-13-10-25)14-21-15-18(19-6-5-11-27-19)24-7-3-4-8-24/h5-6,11,18,21H,3-4,7-10,12-15H2,1-2H3. The maximum absolute atomic E-state index is 5.74. The summed E-state index contributed by atoms with van der Waals surface area (Å²) in [5.74, 6) is 2.28. The molecule has 2 fully saturated rings. The van der Waals surface area contributed by atoms with Crippen LogP contribution in [0.15, 0.2) is 22.8 Å². The number of hydrogen-bond donors (Lipinski definition) is 1. The van der Waals surface area contributed by atoms with Gasteiger partial charge in [-0.05, 0) is 45.0 Å². The Morgan fingerprint density at radius 2 is 1.96 bits per heavy atom. The van der Waals surface area contributed by atoms with Crippen LogP contribution in [0.5, 0.6) is 0 Å². The molecular formula is C20H31N5O2. The Balaban J connectivity index is 1.44. The number of nitrogens with one attached hydrogen (secondary N) is 1. The third kappa shape index (κ3) is 4.05. The molecule has 0 spiro atoms. The van der Waals surface area contributed by atoms with Crippen LogP contribution in [0, 0.1) is 6.92 Å². The Morgan fingerprint density at radius 3 is 2.67 bits per heavy atom. The van der Waals surface area contributed by atoms with Crippen molar-refractivity contribution in [1.29, 1.82) is 0 Å². The molecule has 1 atom stereocenters. The van der Waals surface area contributed by atoms with Crippen molar-refractivity contribution in [3.05, 3.63) is 35.4 Å². The molecule has 27 heavy (non-hydrogen) atoms. The van der Waals surface area contributed by atoms with Gasteiger partial charge in [-0.15, -0.1) is 0 Å². The van der Waals surface area contributed by atoms with E-state index < -0.39 is 0 Å². The van der Waals surface area contributed by atoms with E-state index in [1.807, 2.05) is 17.8 Å². The summed E-state index contributed by atoms with van der Waals surface area (Å²) >= 11 is 0. The van der Waals surface area contributed by atoms with Gasteiger partial charge >= 0.3 is 0 Å². The lowest BCUT2D eigenvalue weighted by molar-refractivity contribution is 0.122. The Bertz CT molecular complexity index is 715. The number of nitrogens with zero attached hydrogens (tertiary/aromatic N) is 4. The second kappa shape index (κ2) is 8.46. The first kappa shape index (κ1) is 18.5. The number of furan rings is 1. The van der Waals surface area contributed by atoms with Crippen LogP contribution in [0.3, 0.4) is 0 Å². The molecule has 2 aromatic rings. The first-order valence-electron chi connectivity index (χ1n) is 10.1. The van der Waals surface area contributed by atoms with Crippen LogP contribution in [0.4, 0.5) is 5.82 Å². The van der Waals surface area contributed by atoms with Gasteiger partial charge in [0.15, 0.2) is 0 Å². The zero-order valence-electron chi connectivity index (χ0n) is 16.5. The molecule has 4 heterocycles. The minimum atomic E-state index is 0.298. The fourth-order valence-corrected chi connectivity index (χ4v) is 4.35. The van der Waals surface area contributed by atoms with Crippen molar-refractivity contribution in [2.75, 3.05) is 50.8 Å². The maximum atomic E-state index is 5.74. The first-order valence-corrected chi connectivity index (χ1v) is 10.1. The highest BCUT2D eigenvalue weighted by molar-refractivity contribution is 5.50. The molecule has 0 bridgehead atoms. The largest absolute Gasteiger partial charge is 0.468 e. The van der Waals surface area contributed by atoms with E-state index in [2.05, 4.69) is 33.2 Å². The van der Waals surface area contributed by atoms with Crippen LogP contribution in [-0.4, -0.2) is 60.6 Å². The summed E-state index contributed by atoms with van der Waals surface area (Å²) in [4.78, 5) is 4.93. The van der Waals surface area contributed by atoms with Crippen molar-refractivity contribution in [2.45, 2.75) is 32.4 Å². The Morgan fingerprint density at radius 1 is 1.19 bits per heavy atom. The van der Waals surface area contributed by atoms with Crippen molar-refractivity contribution in [2.24, 2.45) is 7.05 Å². The molecule has 148 valence electrons. The van der Waals surface area contributed by atoms with E-state index in [1.165, 1.54) is 24.2 Å². The van der Waals surface area contributed by atoms with Crippen molar-refractivity contribution in [1.82, 2.24) is 20.0 Å². The number of ether oxygens (including phenoxy) is 1. The molecule has 0 amide bonds. The summed E-state index contributed by atoms with van der Waals surface area (Å²) in [6, 6.07) is 4.38. The van der Waals surface area contributed by atoms with E-state index >= 15 is 0 Å². The van der Waals surface area contributed by atoms with E-state index in [0.29, 0.717) is 6.04 Å². The highest BCUT2D eigenvalue weighted by atomic mass is 16.5. The Kier molecular flexibility index (Phi) is 5.80. The number of rotatable bonds is 7. The number of aryl methyl sites for hydroxylation is 2. The predicted molar refractivity (Wildman–Crippen MR) is 105 cm³/mol. The third-order valence-corrected chi connectivity index (χ3v) is 5.72. The second-order valence-corrected chi connectivity index (χ2v) is 7.52. The molecule has 1 N–H and O–H groups in total. The van der Waals surface area contributed by atoms with E-state index in [1.54, 1.807) is 6.26 Å². The lowest BCUT2D eigenvalue weighted by atomic mass is 10.1. The summed E-state index contributed by atoms with van der Waals surface area (Å²) in [6.07, 6.45) is 4.33. The molecule has 0 radical (unpaired) electrons. The molecule has 2 aromatic heterocycles. The Hall–Kier alpha value is -1.83. The van der Waals surface area contributed by atoms with Gasteiger partial charge in [-0.2, -0.15) is 5.10 Å². The van der Waals surface area contributed by atoms with Crippen LogP contribution in [-0.2, 0) is 18.3 Å². The van der Waals surface area contributed by atoms with Gasteiger partial charge in [0.1, 0.15) is 11.6 Å². The van der Waals surface area contributed by atoms with Gasteiger partial charge < -0.3 is 19.4 Å². The van der Waals surface area contributed by atoms with Crippen LogP contribution >= 0.6 is 0 Å². The quantitative estimate of drug-likeness (QED) is 0.802. The molecular weight excluding hydrogens is 342 g/mol. The molecule has 0 aliphatic carbocycles. The minimum absolute atomic E-state index is 0.298. The van der Waals surface area contributed by atoms with Crippen LogP contribution in [0.1, 0.15) is 35.9 Å². The third-order valence-electron chi connectivity index (χ3n) is 5.72. The summed E-state index contributed by atoms with van der Waals surface area (Å²) < 4.78 is 13.3. The fourth-order valence-electron chi connectivity index (χ4n) is 4.35. The highest BCUT2D eigenvalue weighted by Crippen LogP contribution is 2.27. The number of anilines is 1. The van der Waals surface area contributed by atoms with Crippen LogP contribution in [0.2, 0.25) is 0 Å². The van der Waals surface area contributed by atoms with Gasteiger partial charge in [-0.25, -0.2) is 0 Å². The molecule has 1 unspecified atom stereocenters. The van der Waals surface area contributed by atoms with Gasteiger partial charge in [0.2, 0.25) is 0 Å². The zero-order chi connectivity index (χ0) is 18.6. The number of morpholine rings is 1. The minimum Gasteiger partial charge on any atom is -0.468 e. The van der Waals surface area contributed by atoms with Crippen molar-refractivity contribution in [3.63, 3.8) is 0 Å². The van der Waals surface area contributed by atoms with E-state index in [9.17, 15) is 0 Å². The van der Waals surface area contributed by atoms with E-state index in [-0.39, 0.29) is 0 Å². The average molecular weight is 374 g/mol.